The van der Waals surface area contributed by atoms with Gasteiger partial charge in [0, 0.05) is 31.2 Å². The van der Waals surface area contributed by atoms with Gasteiger partial charge in [-0.15, -0.1) is 0 Å². The Kier molecular flexibility index (Phi) is 6.55. The summed E-state index contributed by atoms with van der Waals surface area (Å²) >= 11 is 0. The number of sulfonamides is 1. The number of rotatable bonds is 7. The molecule has 1 saturated heterocycles. The Hall–Kier alpha value is -2.42. The molecule has 0 radical (unpaired) electrons. The van der Waals surface area contributed by atoms with E-state index in [9.17, 15) is 13.2 Å². The zero-order valence-electron chi connectivity index (χ0n) is 18.9. The summed E-state index contributed by atoms with van der Waals surface area (Å²) in [5.41, 5.74) is 2.76. The second-order valence-corrected chi connectivity index (χ2v) is 10.4. The van der Waals surface area contributed by atoms with E-state index in [0.717, 1.165) is 48.5 Å². The molecular weight excluding hydrogens is 426 g/mol. The molecule has 0 unspecified atom stereocenters. The first-order chi connectivity index (χ1) is 15.3. The maximum atomic E-state index is 13.1. The first-order valence-electron chi connectivity index (χ1n) is 11.1. The highest BCUT2D eigenvalue weighted by Crippen LogP contribution is 2.34. The molecule has 2 atom stereocenters. The van der Waals surface area contributed by atoms with Crippen LogP contribution in [0.15, 0.2) is 47.4 Å². The monoisotopic (exact) mass is 457 g/mol. The van der Waals surface area contributed by atoms with Gasteiger partial charge in [-0.3, -0.25) is 9.69 Å². The lowest BCUT2D eigenvalue weighted by atomic mass is 10.1. The Balaban J connectivity index is 1.54. The lowest BCUT2D eigenvalue weighted by Gasteiger charge is -2.28. The van der Waals surface area contributed by atoms with Gasteiger partial charge in [0.15, 0.2) is 0 Å². The van der Waals surface area contributed by atoms with Crippen LogP contribution in [0.4, 0.5) is 5.69 Å². The molecule has 1 amide bonds. The molecule has 1 N–H and O–H groups in total. The van der Waals surface area contributed by atoms with Crippen LogP contribution in [0.2, 0.25) is 0 Å². The first kappa shape index (κ1) is 22.8. The minimum Gasteiger partial charge on any atom is -0.497 e. The lowest BCUT2D eigenvalue weighted by Crippen LogP contribution is -2.36. The number of fused-ring (bicyclic) bond motifs is 1. The number of nitrogens with zero attached hydrogens (tertiary/aromatic N) is 2. The zero-order valence-corrected chi connectivity index (χ0v) is 19.7. The van der Waals surface area contributed by atoms with Crippen molar-refractivity contribution in [1.29, 1.82) is 0 Å². The van der Waals surface area contributed by atoms with Crippen LogP contribution in [0.5, 0.6) is 5.75 Å². The Morgan fingerprint density at radius 3 is 2.47 bits per heavy atom. The number of carbonyl (C=O) groups excluding carboxylic acids is 1. The summed E-state index contributed by atoms with van der Waals surface area (Å²) in [7, 11) is -2.05. The van der Waals surface area contributed by atoms with Gasteiger partial charge < -0.3 is 9.64 Å². The molecule has 172 valence electrons. The number of benzene rings is 2. The molecule has 4 rings (SSSR count). The second-order valence-electron chi connectivity index (χ2n) is 8.62. The molecule has 2 aliphatic rings. The number of ether oxygens (including phenoxy) is 1. The van der Waals surface area contributed by atoms with E-state index in [0.29, 0.717) is 13.0 Å². The average Bonchev–Trinajstić information content (AvgIpc) is 3.41. The molecule has 0 aromatic heterocycles. The molecule has 2 aromatic rings. The Morgan fingerprint density at radius 2 is 1.84 bits per heavy atom. The van der Waals surface area contributed by atoms with Crippen LogP contribution < -0.4 is 14.4 Å². The zero-order chi connectivity index (χ0) is 22.9. The van der Waals surface area contributed by atoms with Crippen molar-refractivity contribution in [1.82, 2.24) is 9.62 Å². The normalized spacial score (nSPS) is 19.7. The number of carbonyl (C=O) groups is 1. The van der Waals surface area contributed by atoms with Crippen molar-refractivity contribution in [2.24, 2.45) is 0 Å². The fourth-order valence-corrected chi connectivity index (χ4v) is 5.95. The maximum Gasteiger partial charge on any atom is 0.240 e. The fourth-order valence-electron chi connectivity index (χ4n) is 4.86. The van der Waals surface area contributed by atoms with Crippen LogP contribution in [0, 0.1) is 0 Å². The molecule has 0 aliphatic carbocycles. The molecule has 0 spiro atoms. The molecule has 2 heterocycles. The van der Waals surface area contributed by atoms with Gasteiger partial charge in [-0.2, -0.15) is 0 Å². The van der Waals surface area contributed by atoms with Gasteiger partial charge in [-0.1, -0.05) is 12.1 Å². The highest BCUT2D eigenvalue weighted by molar-refractivity contribution is 7.89. The third-order valence-corrected chi connectivity index (χ3v) is 7.89. The van der Waals surface area contributed by atoms with Crippen LogP contribution in [0.3, 0.4) is 0 Å². The molecule has 2 aliphatic heterocycles. The van der Waals surface area contributed by atoms with Crippen molar-refractivity contribution in [3.8, 4) is 5.75 Å². The van der Waals surface area contributed by atoms with E-state index in [1.807, 2.05) is 31.2 Å². The number of hydrogen-bond donors (Lipinski definition) is 1. The minimum absolute atomic E-state index is 0.0297. The van der Waals surface area contributed by atoms with Crippen molar-refractivity contribution in [2.45, 2.75) is 50.1 Å². The Labute approximate surface area is 190 Å². The van der Waals surface area contributed by atoms with Crippen LogP contribution in [0.1, 0.15) is 43.9 Å². The number of nitrogens with one attached hydrogen (secondary N) is 1. The molecule has 8 heteroatoms. The average molecular weight is 458 g/mol. The number of likely N-dealkylation sites (tertiary alicyclic amines) is 1. The molecule has 32 heavy (non-hydrogen) atoms. The van der Waals surface area contributed by atoms with E-state index in [4.69, 9.17) is 4.74 Å². The van der Waals surface area contributed by atoms with E-state index < -0.39 is 10.0 Å². The first-order valence-corrected chi connectivity index (χ1v) is 12.6. The van der Waals surface area contributed by atoms with Crippen LogP contribution in [0.25, 0.3) is 0 Å². The summed E-state index contributed by atoms with van der Waals surface area (Å²) in [6, 6.07) is 12.9. The summed E-state index contributed by atoms with van der Waals surface area (Å²) in [4.78, 5) is 16.3. The van der Waals surface area contributed by atoms with Gasteiger partial charge >= 0.3 is 0 Å². The van der Waals surface area contributed by atoms with E-state index in [-0.39, 0.29) is 22.9 Å². The molecule has 0 saturated carbocycles. The topological polar surface area (TPSA) is 79.0 Å². The van der Waals surface area contributed by atoms with Crippen molar-refractivity contribution < 1.29 is 17.9 Å². The minimum atomic E-state index is -3.69. The van der Waals surface area contributed by atoms with Crippen molar-refractivity contribution in [3.63, 3.8) is 0 Å². The Bertz CT molecular complexity index is 1080. The molecule has 1 fully saturated rings. The van der Waals surface area contributed by atoms with Gasteiger partial charge in [-0.25, -0.2) is 13.1 Å². The van der Waals surface area contributed by atoms with Gasteiger partial charge in [-0.05, 0) is 80.7 Å². The molecule has 0 bridgehead atoms. The summed E-state index contributed by atoms with van der Waals surface area (Å²) in [6.45, 7) is 5.71. The maximum absolute atomic E-state index is 13.1. The highest BCUT2D eigenvalue weighted by Gasteiger charge is 2.31. The summed E-state index contributed by atoms with van der Waals surface area (Å²) in [5.74, 6) is 0.749. The standard InChI is InChI=1S/C24H31N3O4S/c1-17-14-20-15-22(10-11-23(20)27(17)18(2)28)32(29,30)25-16-24(26-12-4-5-13-26)19-6-8-21(31-3)9-7-19/h6-11,15,17,24-25H,4-5,12-14,16H2,1-3H3/t17-,24-/m1/s1. The van der Waals surface area contributed by atoms with E-state index in [2.05, 4.69) is 9.62 Å². The predicted octanol–water partition coefficient (Wildman–Crippen LogP) is 3.11. The van der Waals surface area contributed by atoms with Gasteiger partial charge in [0.1, 0.15) is 5.75 Å². The molecule has 7 nitrogen and oxygen atoms in total. The van der Waals surface area contributed by atoms with E-state index >= 15 is 0 Å². The quantitative estimate of drug-likeness (QED) is 0.691. The third-order valence-electron chi connectivity index (χ3n) is 6.46. The number of anilines is 1. The fraction of sp³-hybridized carbons (Fsp3) is 0.458. The second kappa shape index (κ2) is 9.21. The largest absolute Gasteiger partial charge is 0.497 e. The molecular formula is C24H31N3O4S. The van der Waals surface area contributed by atoms with Crippen LogP contribution >= 0.6 is 0 Å². The van der Waals surface area contributed by atoms with E-state index in [1.54, 1.807) is 30.2 Å². The lowest BCUT2D eigenvalue weighted by molar-refractivity contribution is -0.116. The summed E-state index contributed by atoms with van der Waals surface area (Å²) in [6.07, 6.45) is 2.89. The van der Waals surface area contributed by atoms with Crippen molar-refractivity contribution in [3.05, 3.63) is 53.6 Å². The van der Waals surface area contributed by atoms with Gasteiger partial charge in [0.2, 0.25) is 15.9 Å². The smallest absolute Gasteiger partial charge is 0.240 e. The number of amides is 1. The predicted molar refractivity (Wildman–Crippen MR) is 124 cm³/mol. The van der Waals surface area contributed by atoms with Gasteiger partial charge in [0.25, 0.3) is 0 Å². The number of methoxy groups -OCH3 is 1. The van der Waals surface area contributed by atoms with Crippen molar-refractivity contribution in [2.75, 3.05) is 31.6 Å². The van der Waals surface area contributed by atoms with E-state index in [1.165, 1.54) is 6.92 Å². The highest BCUT2D eigenvalue weighted by atomic mass is 32.2. The summed E-state index contributed by atoms with van der Waals surface area (Å²) < 4.78 is 34.4. The van der Waals surface area contributed by atoms with Crippen molar-refractivity contribution >= 4 is 21.6 Å². The third kappa shape index (κ3) is 4.53. The SMILES string of the molecule is COc1ccc([C@@H](CNS(=O)(=O)c2ccc3c(c2)C[C@@H](C)N3C(C)=O)N2CCCC2)cc1. The molecule has 2 aromatic carbocycles. The summed E-state index contributed by atoms with van der Waals surface area (Å²) in [5, 5.41) is 0. The Morgan fingerprint density at radius 1 is 1.16 bits per heavy atom. The number of hydrogen-bond acceptors (Lipinski definition) is 5. The van der Waals surface area contributed by atoms with Crippen LogP contribution in [-0.4, -0.2) is 52.0 Å². The van der Waals surface area contributed by atoms with Crippen LogP contribution in [-0.2, 0) is 21.2 Å². The van der Waals surface area contributed by atoms with Gasteiger partial charge in [0.05, 0.1) is 12.0 Å².